The summed E-state index contributed by atoms with van der Waals surface area (Å²) in [6.45, 7) is 1.28. The number of rotatable bonds is 8. The smallest absolute Gasteiger partial charge is 0.223 e. The maximum Gasteiger partial charge on any atom is 0.223 e. The standard InChI is InChI=1S/C16H23N5O4S/c1-17-6-10-8-21(20-19-10)9-13-16(24)15(23)12(25-13)5-14(22)18-7-11-3-2-4-26-11/h2-4,8,12-13,15-17,23-24H,5-7,9H2,1H3,(H,18,22)/t12-,13-,15-,16+/m0/s1. The Morgan fingerprint density at radius 2 is 2.15 bits per heavy atom. The molecule has 9 nitrogen and oxygen atoms in total. The number of carbonyl (C=O) groups is 1. The van der Waals surface area contributed by atoms with Gasteiger partial charge in [0.25, 0.3) is 0 Å². The van der Waals surface area contributed by atoms with E-state index in [0.717, 1.165) is 10.6 Å². The fourth-order valence-corrected chi connectivity index (χ4v) is 3.52. The Balaban J connectivity index is 1.50. The van der Waals surface area contributed by atoms with Gasteiger partial charge in [0.15, 0.2) is 0 Å². The molecular formula is C16H23N5O4S. The third-order valence-corrected chi connectivity index (χ3v) is 5.08. The molecule has 2 aromatic heterocycles. The molecule has 1 aliphatic rings. The minimum Gasteiger partial charge on any atom is -0.388 e. The summed E-state index contributed by atoms with van der Waals surface area (Å²) in [4.78, 5) is 13.1. The van der Waals surface area contributed by atoms with E-state index in [1.807, 2.05) is 24.6 Å². The van der Waals surface area contributed by atoms with Gasteiger partial charge in [0.1, 0.15) is 18.3 Å². The highest BCUT2D eigenvalue weighted by Crippen LogP contribution is 2.25. The molecule has 2 aromatic rings. The lowest BCUT2D eigenvalue weighted by Gasteiger charge is -2.14. The fourth-order valence-electron chi connectivity index (χ4n) is 2.87. The summed E-state index contributed by atoms with van der Waals surface area (Å²) in [6, 6.07) is 3.86. The second-order valence-corrected chi connectivity index (χ2v) is 7.25. The van der Waals surface area contributed by atoms with Gasteiger partial charge in [-0.2, -0.15) is 0 Å². The largest absolute Gasteiger partial charge is 0.388 e. The maximum absolute atomic E-state index is 12.1. The normalized spacial score (nSPS) is 25.5. The van der Waals surface area contributed by atoms with Gasteiger partial charge in [0, 0.05) is 17.6 Å². The van der Waals surface area contributed by atoms with Crippen molar-refractivity contribution >= 4 is 17.2 Å². The van der Waals surface area contributed by atoms with E-state index in [2.05, 4.69) is 20.9 Å². The number of carbonyl (C=O) groups excluding carboxylic acids is 1. The second kappa shape index (κ2) is 8.69. The lowest BCUT2D eigenvalue weighted by Crippen LogP contribution is -2.36. The van der Waals surface area contributed by atoms with Crippen LogP contribution in [0.3, 0.4) is 0 Å². The highest BCUT2D eigenvalue weighted by atomic mass is 32.1. The van der Waals surface area contributed by atoms with Crippen LogP contribution in [-0.2, 0) is 29.2 Å². The molecule has 0 spiro atoms. The second-order valence-electron chi connectivity index (χ2n) is 6.22. The quantitative estimate of drug-likeness (QED) is 0.475. The molecule has 1 saturated heterocycles. The average molecular weight is 381 g/mol. The average Bonchev–Trinajstić information content (AvgIpc) is 3.34. The van der Waals surface area contributed by atoms with Gasteiger partial charge in [-0.15, -0.1) is 16.4 Å². The monoisotopic (exact) mass is 381 g/mol. The zero-order valence-corrected chi connectivity index (χ0v) is 15.2. The van der Waals surface area contributed by atoms with E-state index in [9.17, 15) is 15.0 Å². The Labute approximate surface area is 155 Å². The van der Waals surface area contributed by atoms with Gasteiger partial charge < -0.3 is 25.6 Å². The summed E-state index contributed by atoms with van der Waals surface area (Å²) in [5.41, 5.74) is 0.769. The van der Waals surface area contributed by atoms with E-state index < -0.39 is 24.4 Å². The highest BCUT2D eigenvalue weighted by Gasteiger charge is 2.43. The first-order chi connectivity index (χ1) is 12.6. The SMILES string of the molecule is CNCc1cn(C[C@@H]2O[C@@H](CC(=O)NCc3cccs3)[C@H](O)[C@@H]2O)nn1. The summed E-state index contributed by atoms with van der Waals surface area (Å²) in [5.74, 6) is -0.229. The highest BCUT2D eigenvalue weighted by molar-refractivity contribution is 7.09. The molecule has 0 bridgehead atoms. The lowest BCUT2D eigenvalue weighted by atomic mass is 10.1. The molecule has 10 heteroatoms. The minimum absolute atomic E-state index is 0.0114. The van der Waals surface area contributed by atoms with Gasteiger partial charge in [0.05, 0.1) is 31.3 Å². The van der Waals surface area contributed by atoms with Crippen LogP contribution < -0.4 is 10.6 Å². The van der Waals surface area contributed by atoms with Crippen LogP contribution in [0.4, 0.5) is 0 Å². The van der Waals surface area contributed by atoms with Gasteiger partial charge in [-0.05, 0) is 18.5 Å². The van der Waals surface area contributed by atoms with Crippen molar-refractivity contribution in [3.05, 3.63) is 34.3 Å². The summed E-state index contributed by atoms with van der Waals surface area (Å²) >= 11 is 1.56. The molecule has 1 amide bonds. The number of thiophene rings is 1. The van der Waals surface area contributed by atoms with Crippen molar-refractivity contribution in [2.45, 2.75) is 50.5 Å². The Morgan fingerprint density at radius 3 is 2.88 bits per heavy atom. The van der Waals surface area contributed by atoms with Crippen LogP contribution in [0.2, 0.25) is 0 Å². The number of aliphatic hydroxyl groups is 2. The van der Waals surface area contributed by atoms with Crippen LogP contribution in [0, 0.1) is 0 Å². The molecule has 26 heavy (non-hydrogen) atoms. The third-order valence-electron chi connectivity index (χ3n) is 4.20. The molecule has 0 saturated carbocycles. The first kappa shape index (κ1) is 18.9. The van der Waals surface area contributed by atoms with E-state index in [1.165, 1.54) is 0 Å². The van der Waals surface area contributed by atoms with Gasteiger partial charge in [-0.3, -0.25) is 4.79 Å². The molecule has 0 aliphatic carbocycles. The zero-order valence-electron chi connectivity index (χ0n) is 14.4. The molecule has 4 atom stereocenters. The van der Waals surface area contributed by atoms with Crippen molar-refractivity contribution in [3.63, 3.8) is 0 Å². The molecule has 0 radical (unpaired) electrons. The minimum atomic E-state index is -1.12. The number of nitrogens with one attached hydrogen (secondary N) is 2. The van der Waals surface area contributed by atoms with Crippen LogP contribution >= 0.6 is 11.3 Å². The summed E-state index contributed by atoms with van der Waals surface area (Å²) < 4.78 is 7.27. The van der Waals surface area contributed by atoms with Gasteiger partial charge in [0.2, 0.25) is 5.91 Å². The van der Waals surface area contributed by atoms with E-state index in [0.29, 0.717) is 13.1 Å². The summed E-state index contributed by atoms with van der Waals surface area (Å²) in [7, 11) is 1.81. The number of aromatic nitrogens is 3. The van der Waals surface area contributed by atoms with E-state index in [1.54, 1.807) is 22.2 Å². The first-order valence-electron chi connectivity index (χ1n) is 8.41. The van der Waals surface area contributed by atoms with E-state index in [4.69, 9.17) is 4.74 Å². The molecule has 3 heterocycles. The molecule has 4 N–H and O–H groups in total. The topological polar surface area (TPSA) is 122 Å². The van der Waals surface area contributed by atoms with Gasteiger partial charge in [-0.25, -0.2) is 4.68 Å². The Bertz CT molecular complexity index is 707. The molecule has 1 aliphatic heterocycles. The lowest BCUT2D eigenvalue weighted by molar-refractivity contribution is -0.125. The molecule has 0 aromatic carbocycles. The van der Waals surface area contributed by atoms with Crippen molar-refractivity contribution in [2.24, 2.45) is 0 Å². The van der Waals surface area contributed by atoms with Crippen molar-refractivity contribution < 1.29 is 19.7 Å². The Kier molecular flexibility index (Phi) is 6.33. The van der Waals surface area contributed by atoms with Crippen molar-refractivity contribution in [1.29, 1.82) is 0 Å². The van der Waals surface area contributed by atoms with Crippen LogP contribution in [0.5, 0.6) is 0 Å². The van der Waals surface area contributed by atoms with Crippen molar-refractivity contribution in [3.8, 4) is 0 Å². The Morgan fingerprint density at radius 1 is 1.35 bits per heavy atom. The van der Waals surface area contributed by atoms with E-state index >= 15 is 0 Å². The van der Waals surface area contributed by atoms with Gasteiger partial charge in [-0.1, -0.05) is 11.3 Å². The zero-order chi connectivity index (χ0) is 18.5. The van der Waals surface area contributed by atoms with Crippen LogP contribution in [0.25, 0.3) is 0 Å². The maximum atomic E-state index is 12.1. The predicted molar refractivity (Wildman–Crippen MR) is 94.2 cm³/mol. The fraction of sp³-hybridized carbons (Fsp3) is 0.562. The predicted octanol–water partition coefficient (Wildman–Crippen LogP) is -0.745. The summed E-state index contributed by atoms with van der Waals surface area (Å²) in [5, 5.41) is 36.1. The number of hydrogen-bond acceptors (Lipinski definition) is 8. The molecule has 142 valence electrons. The summed E-state index contributed by atoms with van der Waals surface area (Å²) in [6.07, 6.45) is -1.86. The van der Waals surface area contributed by atoms with Crippen LogP contribution in [-0.4, -0.2) is 62.6 Å². The number of amides is 1. The Hall–Kier alpha value is -1.85. The van der Waals surface area contributed by atoms with E-state index in [-0.39, 0.29) is 18.9 Å². The third kappa shape index (κ3) is 4.65. The number of ether oxygens (including phenoxy) is 1. The van der Waals surface area contributed by atoms with Crippen LogP contribution in [0.15, 0.2) is 23.7 Å². The molecule has 3 rings (SSSR count). The number of hydrogen-bond donors (Lipinski definition) is 4. The molecule has 0 unspecified atom stereocenters. The number of nitrogens with zero attached hydrogens (tertiary/aromatic N) is 3. The first-order valence-corrected chi connectivity index (χ1v) is 9.29. The molecular weight excluding hydrogens is 358 g/mol. The van der Waals surface area contributed by atoms with Crippen LogP contribution in [0.1, 0.15) is 17.0 Å². The number of aliphatic hydroxyl groups excluding tert-OH is 2. The van der Waals surface area contributed by atoms with Crippen molar-refractivity contribution in [1.82, 2.24) is 25.6 Å². The van der Waals surface area contributed by atoms with Gasteiger partial charge >= 0.3 is 0 Å². The molecule has 1 fully saturated rings. The van der Waals surface area contributed by atoms with Crippen molar-refractivity contribution in [2.75, 3.05) is 7.05 Å².